The highest BCUT2D eigenvalue weighted by Crippen LogP contribution is 2.30. The van der Waals surface area contributed by atoms with Gasteiger partial charge in [0.05, 0.1) is 5.69 Å². The molecule has 0 bridgehead atoms. The number of aromatic amines is 1. The van der Waals surface area contributed by atoms with Crippen LogP contribution in [0.3, 0.4) is 0 Å². The second-order valence-corrected chi connectivity index (χ2v) is 6.92. The topological polar surface area (TPSA) is 127 Å². The van der Waals surface area contributed by atoms with E-state index in [0.29, 0.717) is 6.07 Å². The average Bonchev–Trinajstić information content (AvgIpc) is 3.16. The Morgan fingerprint density at radius 3 is 2.14 bits per heavy atom. The normalized spacial score (nSPS) is 11.5. The van der Waals surface area contributed by atoms with E-state index in [1.807, 2.05) is 0 Å². The van der Waals surface area contributed by atoms with Gasteiger partial charge in [-0.3, -0.25) is 4.98 Å². The van der Waals surface area contributed by atoms with Crippen molar-refractivity contribution in [1.29, 1.82) is 0 Å². The first-order valence-corrected chi connectivity index (χ1v) is 9.59. The molecule has 0 aliphatic rings. The van der Waals surface area contributed by atoms with Crippen LogP contribution in [0.15, 0.2) is 53.0 Å². The Balaban J connectivity index is 0.000000604. The van der Waals surface area contributed by atoms with Gasteiger partial charge in [-0.2, -0.15) is 40.2 Å². The SMILES string of the molecule is NCC(Cc1n[nH]c(=O)n1-c1ccc(-c2ccc(C(F)(F)F)nc2)c(F)c1)=C(F)F.O=C(O)C(F)(F)F. The molecule has 0 unspecified atom stereocenters. The van der Waals surface area contributed by atoms with Gasteiger partial charge in [-0.05, 0) is 24.3 Å². The van der Waals surface area contributed by atoms with Crippen LogP contribution in [0.2, 0.25) is 0 Å². The zero-order valence-electron chi connectivity index (χ0n) is 18.0. The molecule has 3 rings (SSSR count). The zero-order valence-corrected chi connectivity index (χ0v) is 18.0. The summed E-state index contributed by atoms with van der Waals surface area (Å²) in [5.41, 5.74) is 2.92. The van der Waals surface area contributed by atoms with E-state index < -0.39 is 60.1 Å². The number of nitrogens with two attached hydrogens (primary N) is 1. The summed E-state index contributed by atoms with van der Waals surface area (Å²) >= 11 is 0. The van der Waals surface area contributed by atoms with Crippen molar-refractivity contribution < 1.29 is 49.4 Å². The van der Waals surface area contributed by atoms with Gasteiger partial charge in [0.25, 0.3) is 6.08 Å². The Hall–Kier alpha value is -4.15. The quantitative estimate of drug-likeness (QED) is 0.417. The van der Waals surface area contributed by atoms with Crippen molar-refractivity contribution in [3.8, 4) is 16.8 Å². The van der Waals surface area contributed by atoms with E-state index in [0.717, 1.165) is 22.9 Å². The average molecular weight is 543 g/mol. The van der Waals surface area contributed by atoms with Crippen molar-refractivity contribution in [1.82, 2.24) is 19.7 Å². The van der Waals surface area contributed by atoms with Crippen LogP contribution in [0, 0.1) is 5.82 Å². The number of hydrogen-bond acceptors (Lipinski definition) is 5. The monoisotopic (exact) mass is 543 g/mol. The number of aromatic nitrogens is 4. The summed E-state index contributed by atoms with van der Waals surface area (Å²) in [6, 6.07) is 5.24. The van der Waals surface area contributed by atoms with Gasteiger partial charge in [0.15, 0.2) is 0 Å². The number of H-pyrrole nitrogens is 1. The van der Waals surface area contributed by atoms with Crippen molar-refractivity contribution in [3.05, 3.63) is 76.0 Å². The summed E-state index contributed by atoms with van der Waals surface area (Å²) in [4.78, 5) is 24.2. The molecular formula is C20H14F9N5O3. The molecule has 1 aromatic carbocycles. The fourth-order valence-electron chi connectivity index (χ4n) is 2.72. The summed E-state index contributed by atoms with van der Waals surface area (Å²) in [5, 5.41) is 12.9. The third-order valence-electron chi connectivity index (χ3n) is 4.45. The number of carbonyl (C=O) groups is 1. The molecule has 2 aromatic heterocycles. The number of nitrogens with zero attached hydrogens (tertiary/aromatic N) is 3. The molecule has 0 saturated heterocycles. The number of pyridine rings is 1. The molecule has 0 radical (unpaired) electrons. The van der Waals surface area contributed by atoms with E-state index in [1.165, 1.54) is 12.1 Å². The smallest absolute Gasteiger partial charge is 0.475 e. The van der Waals surface area contributed by atoms with Crippen LogP contribution in [0.25, 0.3) is 16.8 Å². The minimum absolute atomic E-state index is 0.0134. The number of carboxylic acids is 1. The van der Waals surface area contributed by atoms with E-state index in [9.17, 15) is 44.3 Å². The first kappa shape index (κ1) is 29.1. The lowest BCUT2D eigenvalue weighted by atomic mass is 10.1. The Labute approximate surface area is 199 Å². The maximum Gasteiger partial charge on any atom is 0.490 e. The molecule has 0 atom stereocenters. The number of rotatable bonds is 5. The van der Waals surface area contributed by atoms with E-state index in [1.54, 1.807) is 0 Å². The van der Waals surface area contributed by atoms with Gasteiger partial charge in [-0.1, -0.05) is 6.07 Å². The first-order chi connectivity index (χ1) is 17.1. The van der Waals surface area contributed by atoms with Gasteiger partial charge in [0.2, 0.25) is 0 Å². The van der Waals surface area contributed by atoms with Crippen LogP contribution in [0.5, 0.6) is 0 Å². The molecule has 0 saturated carbocycles. The minimum atomic E-state index is -5.08. The van der Waals surface area contributed by atoms with Crippen molar-refractivity contribution in [2.45, 2.75) is 18.8 Å². The largest absolute Gasteiger partial charge is 0.490 e. The minimum Gasteiger partial charge on any atom is -0.475 e. The van der Waals surface area contributed by atoms with Gasteiger partial charge in [0, 0.05) is 35.9 Å². The Morgan fingerprint density at radius 1 is 1.08 bits per heavy atom. The molecule has 17 heteroatoms. The summed E-state index contributed by atoms with van der Waals surface area (Å²) in [6.07, 6.45) is -11.3. The number of alkyl halides is 6. The van der Waals surface area contributed by atoms with Gasteiger partial charge in [-0.25, -0.2) is 23.6 Å². The van der Waals surface area contributed by atoms with Crippen LogP contribution in [-0.4, -0.2) is 43.5 Å². The number of nitrogens with one attached hydrogen (secondary N) is 1. The zero-order chi connectivity index (χ0) is 28.1. The summed E-state index contributed by atoms with van der Waals surface area (Å²) in [5.74, 6) is -3.73. The van der Waals surface area contributed by atoms with Crippen molar-refractivity contribution >= 4 is 5.97 Å². The fraction of sp³-hybridized carbons (Fsp3) is 0.200. The molecule has 8 nitrogen and oxygen atoms in total. The van der Waals surface area contributed by atoms with Crippen LogP contribution < -0.4 is 11.4 Å². The van der Waals surface area contributed by atoms with E-state index in [2.05, 4.69) is 15.2 Å². The third kappa shape index (κ3) is 7.42. The van der Waals surface area contributed by atoms with Crippen molar-refractivity contribution in [2.75, 3.05) is 6.54 Å². The molecule has 3 aromatic rings. The molecule has 200 valence electrons. The van der Waals surface area contributed by atoms with Crippen molar-refractivity contribution in [2.24, 2.45) is 5.73 Å². The van der Waals surface area contributed by atoms with Crippen molar-refractivity contribution in [3.63, 3.8) is 0 Å². The summed E-state index contributed by atoms with van der Waals surface area (Å²) in [7, 11) is 0. The molecule has 0 spiro atoms. The first-order valence-electron chi connectivity index (χ1n) is 9.59. The third-order valence-corrected chi connectivity index (χ3v) is 4.45. The van der Waals surface area contributed by atoms with Gasteiger partial charge >= 0.3 is 24.0 Å². The predicted molar refractivity (Wildman–Crippen MR) is 108 cm³/mol. The highest BCUT2D eigenvalue weighted by molar-refractivity contribution is 5.73. The number of carboxylic acid groups (broad SMARTS) is 1. The van der Waals surface area contributed by atoms with Crippen LogP contribution >= 0.6 is 0 Å². The lowest BCUT2D eigenvalue weighted by Gasteiger charge is -2.10. The highest BCUT2D eigenvalue weighted by Gasteiger charge is 2.38. The Morgan fingerprint density at radius 2 is 1.70 bits per heavy atom. The molecule has 0 fully saturated rings. The predicted octanol–water partition coefficient (Wildman–Crippen LogP) is 4.07. The van der Waals surface area contributed by atoms with E-state index in [4.69, 9.17) is 15.6 Å². The molecule has 0 amide bonds. The Kier molecular flexibility index (Phi) is 8.86. The number of aliphatic carboxylic acids is 1. The molecule has 4 N–H and O–H groups in total. The number of halogens is 9. The van der Waals surface area contributed by atoms with Crippen LogP contribution in [0.4, 0.5) is 39.5 Å². The summed E-state index contributed by atoms with van der Waals surface area (Å²) < 4.78 is 111. The maximum absolute atomic E-state index is 14.6. The molecule has 0 aliphatic heterocycles. The molecule has 2 heterocycles. The van der Waals surface area contributed by atoms with E-state index >= 15 is 0 Å². The van der Waals surface area contributed by atoms with Crippen LogP contribution in [-0.2, 0) is 17.4 Å². The molecule has 0 aliphatic carbocycles. The standard InChI is InChI=1S/C18H13F6N5O.C2HF3O2/c19-13-6-11(29-15(27-28-17(29)30)5-10(7-25)16(20)21)2-3-12(13)9-1-4-14(26-8-9)18(22,23)24;3-2(4,5)1(6)7/h1-4,6,8H,5,7,25H2,(H,28,30);(H,6,7). The maximum atomic E-state index is 14.6. The fourth-order valence-corrected chi connectivity index (χ4v) is 2.72. The number of hydrogen-bond donors (Lipinski definition) is 3. The second-order valence-electron chi connectivity index (χ2n) is 6.92. The van der Waals surface area contributed by atoms with Crippen LogP contribution in [0.1, 0.15) is 11.5 Å². The van der Waals surface area contributed by atoms with E-state index in [-0.39, 0.29) is 22.6 Å². The molecular weight excluding hydrogens is 529 g/mol. The highest BCUT2D eigenvalue weighted by atomic mass is 19.4. The number of benzene rings is 1. The lowest BCUT2D eigenvalue weighted by Crippen LogP contribution is -2.21. The summed E-state index contributed by atoms with van der Waals surface area (Å²) in [6.45, 7) is -0.461. The van der Waals surface area contributed by atoms with Gasteiger partial charge in [-0.15, -0.1) is 0 Å². The molecule has 37 heavy (non-hydrogen) atoms. The lowest BCUT2D eigenvalue weighted by molar-refractivity contribution is -0.192. The second kappa shape index (κ2) is 11.3. The van der Waals surface area contributed by atoms with Gasteiger partial charge < -0.3 is 10.8 Å². The Bertz CT molecular complexity index is 1340. The van der Waals surface area contributed by atoms with Gasteiger partial charge in [0.1, 0.15) is 17.3 Å².